The number of anilines is 1. The number of carbonyl (C=O) groups is 1. The Bertz CT molecular complexity index is 456. The van der Waals surface area contributed by atoms with Gasteiger partial charge in [0.25, 0.3) is 0 Å². The number of carbonyl (C=O) groups excluding carboxylic acids is 1. The highest BCUT2D eigenvalue weighted by molar-refractivity contribution is 6.30. The minimum atomic E-state index is 0.310. The number of ketones is 1. The second-order valence-corrected chi connectivity index (χ2v) is 6.26. The van der Waals surface area contributed by atoms with Crippen molar-refractivity contribution in [3.63, 3.8) is 0 Å². The van der Waals surface area contributed by atoms with Crippen molar-refractivity contribution in [3.05, 3.63) is 29.3 Å². The topological polar surface area (TPSA) is 23.6 Å². The van der Waals surface area contributed by atoms with Crippen molar-refractivity contribution in [3.8, 4) is 0 Å². The molecule has 0 N–H and O–H groups in total. The van der Waals surface area contributed by atoms with Crippen LogP contribution in [0.15, 0.2) is 24.3 Å². The van der Waals surface area contributed by atoms with Gasteiger partial charge in [0.05, 0.1) is 0 Å². The minimum Gasteiger partial charge on any atom is -0.369 e. The Labute approximate surface area is 132 Å². The van der Waals surface area contributed by atoms with Gasteiger partial charge in [-0.05, 0) is 44.5 Å². The summed E-state index contributed by atoms with van der Waals surface area (Å²) in [6.45, 7) is 7.18. The van der Waals surface area contributed by atoms with E-state index >= 15 is 0 Å². The third-order valence-corrected chi connectivity index (χ3v) is 4.28. The van der Waals surface area contributed by atoms with E-state index < -0.39 is 0 Å². The molecule has 1 saturated heterocycles. The Morgan fingerprint density at radius 3 is 2.57 bits per heavy atom. The van der Waals surface area contributed by atoms with Gasteiger partial charge in [0, 0.05) is 43.3 Å². The van der Waals surface area contributed by atoms with Crippen molar-refractivity contribution >= 4 is 23.1 Å². The van der Waals surface area contributed by atoms with Crippen molar-refractivity contribution in [2.24, 2.45) is 0 Å². The molecule has 2 rings (SSSR count). The smallest absolute Gasteiger partial charge is 0.129 e. The summed E-state index contributed by atoms with van der Waals surface area (Å²) in [6.07, 6.45) is 4.14. The molecule has 0 atom stereocenters. The van der Waals surface area contributed by atoms with Gasteiger partial charge >= 0.3 is 0 Å². The lowest BCUT2D eigenvalue weighted by Crippen LogP contribution is -2.46. The zero-order valence-corrected chi connectivity index (χ0v) is 13.6. The van der Waals surface area contributed by atoms with Crippen LogP contribution in [0, 0.1) is 0 Å². The van der Waals surface area contributed by atoms with Crippen LogP contribution in [0.4, 0.5) is 5.69 Å². The Morgan fingerprint density at radius 2 is 1.90 bits per heavy atom. The SMILES string of the molecule is CC(=O)CCCCCN1CCN(c2cccc(Cl)c2)CC1. The summed E-state index contributed by atoms with van der Waals surface area (Å²) in [5.74, 6) is 0.310. The van der Waals surface area contributed by atoms with Gasteiger partial charge < -0.3 is 9.69 Å². The lowest BCUT2D eigenvalue weighted by Gasteiger charge is -2.36. The number of nitrogens with zero attached hydrogens (tertiary/aromatic N) is 2. The van der Waals surface area contributed by atoms with E-state index in [2.05, 4.69) is 15.9 Å². The molecule has 0 amide bonds. The predicted molar refractivity (Wildman–Crippen MR) is 89.3 cm³/mol. The van der Waals surface area contributed by atoms with Crippen LogP contribution in [0.5, 0.6) is 0 Å². The molecule has 0 aromatic heterocycles. The van der Waals surface area contributed by atoms with Gasteiger partial charge in [0.2, 0.25) is 0 Å². The summed E-state index contributed by atoms with van der Waals surface area (Å²) in [5.41, 5.74) is 1.23. The Morgan fingerprint density at radius 1 is 1.14 bits per heavy atom. The summed E-state index contributed by atoms with van der Waals surface area (Å²) in [7, 11) is 0. The quantitative estimate of drug-likeness (QED) is 0.719. The summed E-state index contributed by atoms with van der Waals surface area (Å²) >= 11 is 6.05. The van der Waals surface area contributed by atoms with E-state index in [1.165, 1.54) is 12.1 Å². The maximum absolute atomic E-state index is 10.9. The first kappa shape index (κ1) is 16.3. The van der Waals surface area contributed by atoms with Crippen LogP contribution in [0.25, 0.3) is 0 Å². The number of piperazine rings is 1. The monoisotopic (exact) mass is 308 g/mol. The maximum atomic E-state index is 10.9. The molecule has 1 aromatic rings. The first-order valence-electron chi connectivity index (χ1n) is 7.87. The van der Waals surface area contributed by atoms with Crippen LogP contribution in [-0.4, -0.2) is 43.4 Å². The van der Waals surface area contributed by atoms with Gasteiger partial charge in [-0.15, -0.1) is 0 Å². The summed E-state index contributed by atoms with van der Waals surface area (Å²) in [4.78, 5) is 15.8. The molecule has 1 fully saturated rings. The predicted octanol–water partition coefficient (Wildman–Crippen LogP) is 3.61. The third kappa shape index (κ3) is 5.68. The fourth-order valence-electron chi connectivity index (χ4n) is 2.79. The zero-order chi connectivity index (χ0) is 15.1. The lowest BCUT2D eigenvalue weighted by atomic mass is 10.1. The van der Waals surface area contributed by atoms with Crippen LogP contribution in [0.1, 0.15) is 32.6 Å². The molecular formula is C17H25ClN2O. The summed E-state index contributed by atoms with van der Waals surface area (Å²) in [5, 5.41) is 0.806. The van der Waals surface area contributed by atoms with Crippen molar-refractivity contribution in [1.82, 2.24) is 4.90 Å². The van der Waals surface area contributed by atoms with Crippen LogP contribution in [0.2, 0.25) is 5.02 Å². The number of rotatable bonds is 7. The molecule has 0 saturated carbocycles. The average Bonchev–Trinajstić information content (AvgIpc) is 2.47. The van der Waals surface area contributed by atoms with E-state index in [9.17, 15) is 4.79 Å². The molecule has 116 valence electrons. The molecule has 1 heterocycles. The second-order valence-electron chi connectivity index (χ2n) is 5.82. The van der Waals surface area contributed by atoms with E-state index in [-0.39, 0.29) is 0 Å². The molecule has 0 radical (unpaired) electrons. The fourth-order valence-corrected chi connectivity index (χ4v) is 2.97. The molecule has 4 heteroatoms. The van der Waals surface area contributed by atoms with Gasteiger partial charge in [-0.3, -0.25) is 4.90 Å². The number of unbranched alkanes of at least 4 members (excludes halogenated alkanes) is 2. The zero-order valence-electron chi connectivity index (χ0n) is 12.9. The molecule has 0 spiro atoms. The van der Waals surface area contributed by atoms with Crippen LogP contribution in [-0.2, 0) is 4.79 Å². The molecule has 1 aromatic carbocycles. The summed E-state index contributed by atoms with van der Waals surface area (Å²) < 4.78 is 0. The number of hydrogen-bond donors (Lipinski definition) is 0. The first-order chi connectivity index (χ1) is 10.1. The standard InChI is InChI=1S/C17H25ClN2O/c1-15(21)6-3-2-4-9-19-10-12-20(13-11-19)17-8-5-7-16(18)14-17/h5,7-8,14H,2-4,6,9-13H2,1H3. The minimum absolute atomic E-state index is 0.310. The van der Waals surface area contributed by atoms with Crippen LogP contribution in [0.3, 0.4) is 0 Å². The second kappa shape index (κ2) is 8.40. The van der Waals surface area contributed by atoms with Gasteiger partial charge in [0.1, 0.15) is 5.78 Å². The van der Waals surface area contributed by atoms with Gasteiger partial charge in [0.15, 0.2) is 0 Å². The molecule has 21 heavy (non-hydrogen) atoms. The first-order valence-corrected chi connectivity index (χ1v) is 8.25. The molecule has 3 nitrogen and oxygen atoms in total. The van der Waals surface area contributed by atoms with Gasteiger partial charge in [-0.2, -0.15) is 0 Å². The van der Waals surface area contributed by atoms with E-state index in [1.54, 1.807) is 6.92 Å². The van der Waals surface area contributed by atoms with Crippen molar-refractivity contribution in [1.29, 1.82) is 0 Å². The Kier molecular flexibility index (Phi) is 6.52. The van der Waals surface area contributed by atoms with Gasteiger partial charge in [-0.25, -0.2) is 0 Å². The van der Waals surface area contributed by atoms with Crippen LogP contribution >= 0.6 is 11.6 Å². The highest BCUT2D eigenvalue weighted by Crippen LogP contribution is 2.20. The highest BCUT2D eigenvalue weighted by Gasteiger charge is 2.16. The van der Waals surface area contributed by atoms with Crippen LogP contribution < -0.4 is 4.90 Å². The third-order valence-electron chi connectivity index (χ3n) is 4.05. The van der Waals surface area contributed by atoms with E-state index in [0.29, 0.717) is 5.78 Å². The molecule has 0 aliphatic carbocycles. The summed E-state index contributed by atoms with van der Waals surface area (Å²) in [6, 6.07) is 8.10. The lowest BCUT2D eigenvalue weighted by molar-refractivity contribution is -0.117. The maximum Gasteiger partial charge on any atom is 0.129 e. The van der Waals surface area contributed by atoms with E-state index in [1.807, 2.05) is 18.2 Å². The Hall–Kier alpha value is -1.06. The van der Waals surface area contributed by atoms with Crippen molar-refractivity contribution in [2.45, 2.75) is 32.6 Å². The average molecular weight is 309 g/mol. The number of Topliss-reactive ketones (excluding diaryl/α,β-unsaturated/α-hetero) is 1. The largest absolute Gasteiger partial charge is 0.369 e. The molecule has 1 aliphatic heterocycles. The van der Waals surface area contributed by atoms with Crippen molar-refractivity contribution < 1.29 is 4.79 Å². The van der Waals surface area contributed by atoms with Crippen molar-refractivity contribution in [2.75, 3.05) is 37.6 Å². The Balaban J connectivity index is 1.65. The number of benzene rings is 1. The van der Waals surface area contributed by atoms with Gasteiger partial charge in [-0.1, -0.05) is 24.1 Å². The van der Waals surface area contributed by atoms with E-state index in [0.717, 1.165) is 57.0 Å². The fraction of sp³-hybridized carbons (Fsp3) is 0.588. The molecule has 0 bridgehead atoms. The number of halogens is 1. The normalized spacial score (nSPS) is 16.2. The van der Waals surface area contributed by atoms with E-state index in [4.69, 9.17) is 11.6 Å². The molecule has 1 aliphatic rings. The highest BCUT2D eigenvalue weighted by atomic mass is 35.5. The number of hydrogen-bond acceptors (Lipinski definition) is 3. The molecule has 0 unspecified atom stereocenters. The molecular weight excluding hydrogens is 284 g/mol.